The van der Waals surface area contributed by atoms with Crippen LogP contribution in [0.25, 0.3) is 10.9 Å². The second kappa shape index (κ2) is 4.31. The number of benzene rings is 1. The summed E-state index contributed by atoms with van der Waals surface area (Å²) in [7, 11) is 0. The Kier molecular flexibility index (Phi) is 3.18. The summed E-state index contributed by atoms with van der Waals surface area (Å²) < 4.78 is 0.803. The maximum Gasteiger partial charge on any atom is 0.306 e. The van der Waals surface area contributed by atoms with E-state index < -0.39 is 4.92 Å². The molecule has 2 rings (SSSR count). The number of aromatic nitrogens is 1. The lowest BCUT2D eigenvalue weighted by atomic mass is 10.2. The molecule has 0 aliphatic rings. The van der Waals surface area contributed by atoms with Crippen molar-refractivity contribution in [2.24, 2.45) is 0 Å². The number of halogens is 3. The van der Waals surface area contributed by atoms with Crippen LogP contribution in [0.15, 0.2) is 18.3 Å². The third-order valence-corrected chi connectivity index (χ3v) is 3.44. The molecule has 0 atom stereocenters. The van der Waals surface area contributed by atoms with Crippen LogP contribution >= 0.6 is 45.8 Å². The van der Waals surface area contributed by atoms with Gasteiger partial charge >= 0.3 is 5.69 Å². The lowest BCUT2D eigenvalue weighted by molar-refractivity contribution is -0.384. The first-order valence-electron chi connectivity index (χ1n) is 4.08. The summed E-state index contributed by atoms with van der Waals surface area (Å²) in [4.78, 5) is 14.1. The van der Waals surface area contributed by atoms with E-state index in [0.29, 0.717) is 15.9 Å². The molecule has 0 aliphatic carbocycles. The summed E-state index contributed by atoms with van der Waals surface area (Å²) in [5.41, 5.74) is 0.396. The number of fused-ring (bicyclic) bond motifs is 1. The summed E-state index contributed by atoms with van der Waals surface area (Å²) in [6.45, 7) is 0. The van der Waals surface area contributed by atoms with Gasteiger partial charge in [0, 0.05) is 14.0 Å². The molecule has 0 saturated heterocycles. The molecular formula is C9H3Cl2IN2O2. The predicted molar refractivity (Wildman–Crippen MR) is 71.1 cm³/mol. The van der Waals surface area contributed by atoms with Crippen molar-refractivity contribution in [3.8, 4) is 0 Å². The molecule has 0 fully saturated rings. The highest BCUT2D eigenvalue weighted by molar-refractivity contribution is 14.1. The lowest BCUT2D eigenvalue weighted by Crippen LogP contribution is -1.93. The average Bonchev–Trinajstić information content (AvgIpc) is 2.19. The summed E-state index contributed by atoms with van der Waals surface area (Å²) in [5.74, 6) is 0. The van der Waals surface area contributed by atoms with E-state index in [1.165, 1.54) is 0 Å². The standard InChI is InChI=1S/C9H3Cl2IN2O2/c10-4-1-5-8(11)7(14(15)16)3-13-9(5)6(12)2-4/h1-3H. The molecule has 0 radical (unpaired) electrons. The smallest absolute Gasteiger partial charge is 0.258 e. The van der Waals surface area contributed by atoms with Gasteiger partial charge in [0.05, 0.1) is 10.4 Å². The first-order chi connectivity index (χ1) is 7.50. The highest BCUT2D eigenvalue weighted by Crippen LogP contribution is 2.34. The lowest BCUT2D eigenvalue weighted by Gasteiger charge is -2.03. The Labute approximate surface area is 114 Å². The molecule has 0 spiro atoms. The van der Waals surface area contributed by atoms with Gasteiger partial charge < -0.3 is 0 Å². The van der Waals surface area contributed by atoms with Crippen molar-refractivity contribution in [2.75, 3.05) is 0 Å². The number of pyridine rings is 1. The van der Waals surface area contributed by atoms with E-state index >= 15 is 0 Å². The van der Waals surface area contributed by atoms with Crippen LogP contribution in [-0.4, -0.2) is 9.91 Å². The third-order valence-electron chi connectivity index (χ3n) is 2.00. The second-order valence-electron chi connectivity index (χ2n) is 3.00. The van der Waals surface area contributed by atoms with Crippen LogP contribution in [0.3, 0.4) is 0 Å². The molecule has 4 nitrogen and oxygen atoms in total. The SMILES string of the molecule is O=[N+]([O-])c1cnc2c(I)cc(Cl)cc2c1Cl. The van der Waals surface area contributed by atoms with Crippen LogP contribution in [0.1, 0.15) is 0 Å². The molecule has 1 aromatic heterocycles. The van der Waals surface area contributed by atoms with Gasteiger partial charge in [-0.15, -0.1) is 0 Å². The monoisotopic (exact) mass is 368 g/mol. The summed E-state index contributed by atoms with van der Waals surface area (Å²) in [6.07, 6.45) is 1.15. The van der Waals surface area contributed by atoms with E-state index in [9.17, 15) is 10.1 Å². The Morgan fingerprint density at radius 3 is 2.69 bits per heavy atom. The van der Waals surface area contributed by atoms with E-state index in [1.807, 2.05) is 0 Å². The zero-order valence-electron chi connectivity index (χ0n) is 7.58. The molecule has 1 heterocycles. The number of hydrogen-bond donors (Lipinski definition) is 0. The van der Waals surface area contributed by atoms with E-state index in [4.69, 9.17) is 23.2 Å². The number of rotatable bonds is 1. The van der Waals surface area contributed by atoms with Crippen LogP contribution in [-0.2, 0) is 0 Å². The molecule has 0 N–H and O–H groups in total. The average molecular weight is 369 g/mol. The maximum absolute atomic E-state index is 10.7. The third kappa shape index (κ3) is 1.94. The molecule has 0 bridgehead atoms. The Balaban J connectivity index is 2.89. The van der Waals surface area contributed by atoms with Crippen molar-refractivity contribution < 1.29 is 4.92 Å². The van der Waals surface area contributed by atoms with Gasteiger partial charge in [-0.1, -0.05) is 23.2 Å². The molecule has 0 aliphatic heterocycles. The molecule has 16 heavy (non-hydrogen) atoms. The van der Waals surface area contributed by atoms with Crippen molar-refractivity contribution in [3.05, 3.63) is 42.1 Å². The van der Waals surface area contributed by atoms with E-state index in [0.717, 1.165) is 9.77 Å². The van der Waals surface area contributed by atoms with Crippen LogP contribution in [0, 0.1) is 13.7 Å². The quantitative estimate of drug-likeness (QED) is 0.433. The van der Waals surface area contributed by atoms with Gasteiger partial charge in [0.25, 0.3) is 0 Å². The molecule has 1 aromatic carbocycles. The van der Waals surface area contributed by atoms with E-state index in [1.54, 1.807) is 12.1 Å². The topological polar surface area (TPSA) is 56.0 Å². The van der Waals surface area contributed by atoms with Crippen molar-refractivity contribution in [1.82, 2.24) is 4.98 Å². The largest absolute Gasteiger partial charge is 0.306 e. The second-order valence-corrected chi connectivity index (χ2v) is 4.97. The van der Waals surface area contributed by atoms with Gasteiger partial charge in [-0.2, -0.15) is 0 Å². The first kappa shape index (κ1) is 11.8. The number of nitrogens with zero attached hydrogens (tertiary/aromatic N) is 2. The fourth-order valence-electron chi connectivity index (χ4n) is 1.31. The highest BCUT2D eigenvalue weighted by atomic mass is 127. The Bertz CT molecular complexity index is 604. The van der Waals surface area contributed by atoms with E-state index in [2.05, 4.69) is 27.6 Å². The van der Waals surface area contributed by atoms with Crippen LogP contribution in [0.4, 0.5) is 5.69 Å². The van der Waals surface area contributed by atoms with Gasteiger partial charge in [0.15, 0.2) is 0 Å². The van der Waals surface area contributed by atoms with Crippen molar-refractivity contribution in [3.63, 3.8) is 0 Å². The highest BCUT2D eigenvalue weighted by Gasteiger charge is 2.17. The zero-order chi connectivity index (χ0) is 11.9. The minimum absolute atomic E-state index is 0.0652. The first-order valence-corrected chi connectivity index (χ1v) is 5.92. The van der Waals surface area contributed by atoms with Crippen molar-refractivity contribution >= 4 is 62.4 Å². The molecule has 0 amide bonds. The normalized spacial score (nSPS) is 10.7. The zero-order valence-corrected chi connectivity index (χ0v) is 11.2. The molecule has 82 valence electrons. The van der Waals surface area contributed by atoms with Crippen LogP contribution in [0.2, 0.25) is 10.0 Å². The fourth-order valence-corrected chi connectivity index (χ4v) is 2.74. The minimum atomic E-state index is -0.567. The van der Waals surface area contributed by atoms with Crippen molar-refractivity contribution in [2.45, 2.75) is 0 Å². The molecule has 2 aromatic rings. The van der Waals surface area contributed by atoms with E-state index in [-0.39, 0.29) is 10.7 Å². The summed E-state index contributed by atoms with van der Waals surface area (Å²) >= 11 is 13.9. The van der Waals surface area contributed by atoms with Crippen LogP contribution < -0.4 is 0 Å². The molecule has 0 unspecified atom stereocenters. The molecule has 0 saturated carbocycles. The summed E-state index contributed by atoms with van der Waals surface area (Å²) in [6, 6.07) is 3.29. The number of hydrogen-bond acceptors (Lipinski definition) is 3. The molecular weight excluding hydrogens is 366 g/mol. The predicted octanol–water partition coefficient (Wildman–Crippen LogP) is 4.05. The van der Waals surface area contributed by atoms with Crippen LogP contribution in [0.5, 0.6) is 0 Å². The maximum atomic E-state index is 10.7. The van der Waals surface area contributed by atoms with Gasteiger partial charge in [0.2, 0.25) is 0 Å². The van der Waals surface area contributed by atoms with Gasteiger partial charge in [-0.3, -0.25) is 10.1 Å². The fraction of sp³-hybridized carbons (Fsp3) is 0. The van der Waals surface area contributed by atoms with Gasteiger partial charge in [-0.25, -0.2) is 4.98 Å². The summed E-state index contributed by atoms with van der Waals surface area (Å²) in [5, 5.41) is 11.7. The van der Waals surface area contributed by atoms with Gasteiger partial charge in [-0.05, 0) is 34.7 Å². The van der Waals surface area contributed by atoms with Gasteiger partial charge in [0.1, 0.15) is 11.2 Å². The minimum Gasteiger partial charge on any atom is -0.258 e. The Morgan fingerprint density at radius 2 is 2.06 bits per heavy atom. The number of nitro groups is 1. The van der Waals surface area contributed by atoms with Crippen molar-refractivity contribution in [1.29, 1.82) is 0 Å². The Morgan fingerprint density at radius 1 is 1.38 bits per heavy atom. The Hall–Kier alpha value is -0.660. The molecule has 7 heteroatoms.